The van der Waals surface area contributed by atoms with E-state index < -0.39 is 17.7 Å². The van der Waals surface area contributed by atoms with Crippen LogP contribution in [0.15, 0.2) is 60.9 Å². The van der Waals surface area contributed by atoms with Gasteiger partial charge in [-0.05, 0) is 78.9 Å². The molecule has 2 aromatic carbocycles. The van der Waals surface area contributed by atoms with E-state index >= 15 is 0 Å². The van der Waals surface area contributed by atoms with Gasteiger partial charge in [-0.25, -0.2) is 0 Å². The third kappa shape index (κ3) is 7.47. The van der Waals surface area contributed by atoms with Gasteiger partial charge in [0.25, 0.3) is 0 Å². The second-order valence-corrected chi connectivity index (χ2v) is 8.19. The average molecular weight is 488 g/mol. The van der Waals surface area contributed by atoms with Gasteiger partial charge in [-0.15, -0.1) is 0 Å². The second kappa shape index (κ2) is 11.7. The quantitative estimate of drug-likeness (QED) is 0.331. The minimum atomic E-state index is -4.46. The molecule has 1 heterocycles. The second-order valence-electron chi connectivity index (χ2n) is 8.19. The first-order valence-electron chi connectivity index (χ1n) is 11.4. The Balaban J connectivity index is 1.65. The van der Waals surface area contributed by atoms with Crippen LogP contribution in [0, 0.1) is 0 Å². The van der Waals surface area contributed by atoms with E-state index in [2.05, 4.69) is 4.98 Å². The first-order valence-corrected chi connectivity index (χ1v) is 11.4. The van der Waals surface area contributed by atoms with Gasteiger partial charge in [0, 0.05) is 30.8 Å². The van der Waals surface area contributed by atoms with Gasteiger partial charge in [0.15, 0.2) is 0 Å². The van der Waals surface area contributed by atoms with Gasteiger partial charge in [0.05, 0.1) is 18.3 Å². The number of rotatable bonds is 11. The Morgan fingerprint density at radius 1 is 1.06 bits per heavy atom. The first-order chi connectivity index (χ1) is 16.7. The summed E-state index contributed by atoms with van der Waals surface area (Å²) in [6, 6.07) is 12.4. The normalized spacial score (nSPS) is 12.3. The van der Waals surface area contributed by atoms with E-state index in [0.717, 1.165) is 29.7 Å². The maximum atomic E-state index is 13.3. The summed E-state index contributed by atoms with van der Waals surface area (Å²) in [5, 5.41) is 8.91. The van der Waals surface area contributed by atoms with Crippen molar-refractivity contribution < 1.29 is 32.5 Å². The van der Waals surface area contributed by atoms with Crippen molar-refractivity contribution in [3.63, 3.8) is 0 Å². The monoisotopic (exact) mass is 487 g/mol. The van der Waals surface area contributed by atoms with Gasteiger partial charge in [0.1, 0.15) is 11.5 Å². The SMILES string of the molecule is CCc1cc(OCC[C@@H](C)Oc2ccc(C(F)(F)F)cc2-c2ccncc2)ccc1CCC(=O)O. The van der Waals surface area contributed by atoms with Crippen LogP contribution in [0.25, 0.3) is 11.1 Å². The van der Waals surface area contributed by atoms with Crippen LogP contribution in [0.1, 0.15) is 43.4 Å². The largest absolute Gasteiger partial charge is 0.493 e. The Morgan fingerprint density at radius 3 is 2.46 bits per heavy atom. The van der Waals surface area contributed by atoms with Crippen LogP contribution >= 0.6 is 0 Å². The number of nitrogens with zero attached hydrogens (tertiary/aromatic N) is 1. The molecular formula is C27H28F3NO4. The van der Waals surface area contributed by atoms with Crippen molar-refractivity contribution in [1.29, 1.82) is 0 Å². The number of aliphatic carboxylic acids is 1. The molecule has 3 aromatic rings. The fraction of sp³-hybridized carbons (Fsp3) is 0.333. The van der Waals surface area contributed by atoms with E-state index in [1.54, 1.807) is 12.1 Å². The fourth-order valence-electron chi connectivity index (χ4n) is 3.69. The zero-order valence-electron chi connectivity index (χ0n) is 19.6. The first kappa shape index (κ1) is 26.1. The van der Waals surface area contributed by atoms with Crippen molar-refractivity contribution in [3.8, 4) is 22.6 Å². The summed E-state index contributed by atoms with van der Waals surface area (Å²) >= 11 is 0. The Bertz CT molecular complexity index is 1130. The Kier molecular flexibility index (Phi) is 8.73. The van der Waals surface area contributed by atoms with Crippen molar-refractivity contribution in [2.24, 2.45) is 0 Å². The number of benzene rings is 2. The molecule has 1 atom stereocenters. The van der Waals surface area contributed by atoms with Gasteiger partial charge >= 0.3 is 12.1 Å². The molecule has 0 aliphatic rings. The molecule has 35 heavy (non-hydrogen) atoms. The van der Waals surface area contributed by atoms with Crippen molar-refractivity contribution in [2.45, 2.75) is 51.8 Å². The summed E-state index contributed by atoms with van der Waals surface area (Å²) in [4.78, 5) is 14.8. The predicted molar refractivity (Wildman–Crippen MR) is 127 cm³/mol. The van der Waals surface area contributed by atoms with Gasteiger partial charge in [-0.2, -0.15) is 13.2 Å². The van der Waals surface area contributed by atoms with Gasteiger partial charge in [-0.3, -0.25) is 9.78 Å². The molecule has 0 amide bonds. The number of hydrogen-bond donors (Lipinski definition) is 1. The van der Waals surface area contributed by atoms with E-state index in [1.807, 2.05) is 32.0 Å². The average Bonchev–Trinajstić information content (AvgIpc) is 2.83. The van der Waals surface area contributed by atoms with Crippen LogP contribution in [-0.2, 0) is 23.8 Å². The van der Waals surface area contributed by atoms with E-state index in [4.69, 9.17) is 14.6 Å². The zero-order valence-corrected chi connectivity index (χ0v) is 19.6. The highest BCUT2D eigenvalue weighted by Gasteiger charge is 2.31. The lowest BCUT2D eigenvalue weighted by Crippen LogP contribution is -2.16. The molecule has 1 aromatic heterocycles. The molecule has 0 spiro atoms. The molecule has 3 rings (SSSR count). The van der Waals surface area contributed by atoms with Crippen LogP contribution < -0.4 is 9.47 Å². The molecule has 0 aliphatic carbocycles. The lowest BCUT2D eigenvalue weighted by Gasteiger charge is -2.19. The number of aryl methyl sites for hydroxylation is 2. The third-order valence-corrected chi connectivity index (χ3v) is 5.59. The number of pyridine rings is 1. The van der Waals surface area contributed by atoms with Crippen molar-refractivity contribution >= 4 is 5.97 Å². The van der Waals surface area contributed by atoms with Crippen LogP contribution in [0.3, 0.4) is 0 Å². The smallest absolute Gasteiger partial charge is 0.416 e. The van der Waals surface area contributed by atoms with Gasteiger partial charge in [-0.1, -0.05) is 13.0 Å². The van der Waals surface area contributed by atoms with Gasteiger partial charge < -0.3 is 14.6 Å². The Hall–Kier alpha value is -3.55. The summed E-state index contributed by atoms with van der Waals surface area (Å²) in [5.41, 5.74) is 2.22. The highest BCUT2D eigenvalue weighted by molar-refractivity contribution is 5.71. The number of aromatic nitrogens is 1. The number of hydrogen-bond acceptors (Lipinski definition) is 4. The molecule has 8 heteroatoms. The van der Waals surface area contributed by atoms with Crippen LogP contribution in [0.5, 0.6) is 11.5 Å². The maximum Gasteiger partial charge on any atom is 0.416 e. The summed E-state index contributed by atoms with van der Waals surface area (Å²) < 4.78 is 51.7. The standard InChI is InChI=1S/C27H28F3NO4/c1-3-19-16-23(7-4-20(19)5-9-26(32)33)34-15-12-18(2)35-25-8-6-22(27(28,29)30)17-24(25)21-10-13-31-14-11-21/h4,6-8,10-11,13-14,16-18H,3,5,9,12,15H2,1-2H3,(H,32,33)/t18-/m1/s1. The summed E-state index contributed by atoms with van der Waals surface area (Å²) in [5.74, 6) is 0.203. The van der Waals surface area contributed by atoms with Gasteiger partial charge in [0.2, 0.25) is 0 Å². The number of carboxylic acids is 1. The Labute approximate surface area is 202 Å². The lowest BCUT2D eigenvalue weighted by atomic mass is 10.0. The van der Waals surface area contributed by atoms with E-state index in [9.17, 15) is 18.0 Å². The molecule has 0 fully saturated rings. The highest BCUT2D eigenvalue weighted by atomic mass is 19.4. The molecule has 1 N–H and O–H groups in total. The molecule has 0 unspecified atom stereocenters. The van der Waals surface area contributed by atoms with Crippen molar-refractivity contribution in [2.75, 3.05) is 6.61 Å². The number of carboxylic acid groups (broad SMARTS) is 1. The molecule has 0 radical (unpaired) electrons. The molecule has 0 bridgehead atoms. The minimum Gasteiger partial charge on any atom is -0.493 e. The van der Waals surface area contributed by atoms with Crippen LogP contribution in [-0.4, -0.2) is 28.8 Å². The summed E-state index contributed by atoms with van der Waals surface area (Å²) in [6.07, 6.45) is 0.0936. The van der Waals surface area contributed by atoms with Crippen LogP contribution in [0.4, 0.5) is 13.2 Å². The predicted octanol–water partition coefficient (Wildman–Crippen LogP) is 6.58. The molecule has 186 valence electrons. The van der Waals surface area contributed by atoms with Crippen LogP contribution in [0.2, 0.25) is 0 Å². The zero-order chi connectivity index (χ0) is 25.4. The molecular weight excluding hydrogens is 459 g/mol. The molecule has 0 saturated heterocycles. The minimum absolute atomic E-state index is 0.0769. The number of alkyl halides is 3. The number of carbonyl (C=O) groups is 1. The summed E-state index contributed by atoms with van der Waals surface area (Å²) in [6.45, 7) is 4.19. The number of ether oxygens (including phenoxy) is 2. The molecule has 5 nitrogen and oxygen atoms in total. The summed E-state index contributed by atoms with van der Waals surface area (Å²) in [7, 11) is 0. The number of halogens is 3. The van der Waals surface area contributed by atoms with Crippen molar-refractivity contribution in [1.82, 2.24) is 4.98 Å². The highest BCUT2D eigenvalue weighted by Crippen LogP contribution is 2.37. The van der Waals surface area contributed by atoms with E-state index in [0.29, 0.717) is 42.1 Å². The maximum absolute atomic E-state index is 13.3. The lowest BCUT2D eigenvalue weighted by molar-refractivity contribution is -0.138. The molecule has 0 aliphatic heterocycles. The third-order valence-electron chi connectivity index (χ3n) is 5.59. The van der Waals surface area contributed by atoms with E-state index in [-0.39, 0.29) is 12.5 Å². The fourth-order valence-corrected chi connectivity index (χ4v) is 3.69. The molecule has 0 saturated carbocycles. The van der Waals surface area contributed by atoms with Crippen molar-refractivity contribution in [3.05, 3.63) is 77.6 Å². The Morgan fingerprint density at radius 2 is 1.80 bits per heavy atom. The van der Waals surface area contributed by atoms with E-state index in [1.165, 1.54) is 18.5 Å². The topological polar surface area (TPSA) is 68.7 Å².